The first-order valence-corrected chi connectivity index (χ1v) is 7.90. The van der Waals surface area contributed by atoms with Crippen molar-refractivity contribution in [2.24, 2.45) is 0 Å². The maximum Gasteiger partial charge on any atom is 0.374 e. The van der Waals surface area contributed by atoms with Gasteiger partial charge in [-0.2, -0.15) is 0 Å². The SMILES string of the molecule is CC(=O)c1ccc(CCCC(=O)C(=O)OCc2ccccc2)cc1. The fraction of sp³-hybridized carbons (Fsp3) is 0.250. The Morgan fingerprint density at radius 1 is 0.875 bits per heavy atom. The molecule has 0 fully saturated rings. The van der Waals surface area contributed by atoms with Crippen LogP contribution in [0.15, 0.2) is 54.6 Å². The molecule has 2 aromatic rings. The molecule has 0 saturated heterocycles. The first kappa shape index (κ1) is 17.6. The second kappa shape index (κ2) is 8.77. The van der Waals surface area contributed by atoms with Crippen molar-refractivity contribution >= 4 is 17.5 Å². The maximum atomic E-state index is 11.8. The lowest BCUT2D eigenvalue weighted by Gasteiger charge is -2.05. The average Bonchev–Trinajstić information content (AvgIpc) is 2.61. The molecule has 0 N–H and O–H groups in total. The van der Waals surface area contributed by atoms with Gasteiger partial charge in [0.05, 0.1) is 0 Å². The summed E-state index contributed by atoms with van der Waals surface area (Å²) in [7, 11) is 0. The molecule has 0 aromatic heterocycles. The van der Waals surface area contributed by atoms with E-state index in [4.69, 9.17) is 4.74 Å². The second-order valence-electron chi connectivity index (χ2n) is 5.59. The van der Waals surface area contributed by atoms with Crippen molar-refractivity contribution in [1.29, 1.82) is 0 Å². The monoisotopic (exact) mass is 324 g/mol. The Kier molecular flexibility index (Phi) is 6.43. The largest absolute Gasteiger partial charge is 0.455 e. The summed E-state index contributed by atoms with van der Waals surface area (Å²) >= 11 is 0. The number of Topliss-reactive ketones (excluding diaryl/α,β-unsaturated/α-hetero) is 2. The Morgan fingerprint density at radius 3 is 2.17 bits per heavy atom. The van der Waals surface area contributed by atoms with Crippen molar-refractivity contribution in [2.45, 2.75) is 32.8 Å². The zero-order valence-corrected chi connectivity index (χ0v) is 13.7. The van der Waals surface area contributed by atoms with Gasteiger partial charge in [-0.3, -0.25) is 9.59 Å². The van der Waals surface area contributed by atoms with Gasteiger partial charge in [0, 0.05) is 12.0 Å². The zero-order valence-electron chi connectivity index (χ0n) is 13.7. The summed E-state index contributed by atoms with van der Waals surface area (Å²) in [6.45, 7) is 1.63. The Balaban J connectivity index is 1.72. The molecule has 0 unspecified atom stereocenters. The molecule has 24 heavy (non-hydrogen) atoms. The normalized spacial score (nSPS) is 10.2. The molecule has 0 aliphatic carbocycles. The molecular formula is C20H20O4. The molecule has 0 radical (unpaired) electrons. The minimum absolute atomic E-state index is 0.0258. The molecule has 0 bridgehead atoms. The van der Waals surface area contributed by atoms with Gasteiger partial charge in [0.25, 0.3) is 0 Å². The van der Waals surface area contributed by atoms with Gasteiger partial charge >= 0.3 is 5.97 Å². The Morgan fingerprint density at radius 2 is 1.54 bits per heavy atom. The predicted octanol–water partition coefficient (Wildman–Crippen LogP) is 3.52. The Labute approximate surface area is 141 Å². The van der Waals surface area contributed by atoms with Crippen molar-refractivity contribution in [2.75, 3.05) is 0 Å². The summed E-state index contributed by atoms with van der Waals surface area (Å²) < 4.78 is 5.01. The van der Waals surface area contributed by atoms with Gasteiger partial charge in [0.2, 0.25) is 5.78 Å². The van der Waals surface area contributed by atoms with Crippen molar-refractivity contribution in [3.05, 3.63) is 71.3 Å². The average molecular weight is 324 g/mol. The molecule has 0 aliphatic rings. The van der Waals surface area contributed by atoms with E-state index < -0.39 is 11.8 Å². The van der Waals surface area contributed by atoms with E-state index in [1.807, 2.05) is 42.5 Å². The fourth-order valence-electron chi connectivity index (χ4n) is 2.26. The fourth-order valence-corrected chi connectivity index (χ4v) is 2.26. The molecule has 124 valence electrons. The van der Waals surface area contributed by atoms with Crippen LogP contribution in [-0.4, -0.2) is 17.5 Å². The lowest BCUT2D eigenvalue weighted by atomic mass is 10.0. The van der Waals surface area contributed by atoms with Crippen LogP contribution < -0.4 is 0 Å². The van der Waals surface area contributed by atoms with Crippen molar-refractivity contribution in [1.82, 2.24) is 0 Å². The van der Waals surface area contributed by atoms with Gasteiger partial charge in [0.1, 0.15) is 6.61 Å². The van der Waals surface area contributed by atoms with Gasteiger partial charge in [0.15, 0.2) is 5.78 Å². The lowest BCUT2D eigenvalue weighted by Crippen LogP contribution is -2.17. The number of benzene rings is 2. The van der Waals surface area contributed by atoms with Gasteiger partial charge in [-0.05, 0) is 30.9 Å². The summed E-state index contributed by atoms with van der Waals surface area (Å²) in [6, 6.07) is 16.5. The van der Waals surface area contributed by atoms with Crippen LogP contribution in [0.3, 0.4) is 0 Å². The molecule has 0 aliphatic heterocycles. The lowest BCUT2D eigenvalue weighted by molar-refractivity contribution is -0.154. The minimum Gasteiger partial charge on any atom is -0.455 e. The summed E-state index contributed by atoms with van der Waals surface area (Å²) in [4.78, 5) is 34.7. The zero-order chi connectivity index (χ0) is 17.4. The number of aryl methyl sites for hydroxylation is 1. The van der Waals surface area contributed by atoms with Crippen LogP contribution in [0.2, 0.25) is 0 Å². The quantitative estimate of drug-likeness (QED) is 0.423. The Bertz CT molecular complexity index is 702. The third kappa shape index (κ3) is 5.47. The third-order valence-electron chi connectivity index (χ3n) is 3.67. The van der Waals surface area contributed by atoms with Gasteiger partial charge in [-0.25, -0.2) is 4.79 Å². The summed E-state index contributed by atoms with van der Waals surface area (Å²) in [6.07, 6.45) is 1.40. The number of hydrogen-bond acceptors (Lipinski definition) is 4. The minimum atomic E-state index is -0.786. The molecule has 4 heteroatoms. The topological polar surface area (TPSA) is 60.4 Å². The molecule has 2 rings (SSSR count). The first-order valence-electron chi connectivity index (χ1n) is 7.90. The van der Waals surface area contributed by atoms with Gasteiger partial charge < -0.3 is 4.74 Å². The standard InChI is InChI=1S/C20H20O4/c1-15(21)18-12-10-16(11-13-18)8-5-9-19(22)20(23)24-14-17-6-3-2-4-7-17/h2-4,6-7,10-13H,5,8-9,14H2,1H3. The van der Waals surface area contributed by atoms with Crippen molar-refractivity contribution < 1.29 is 19.1 Å². The van der Waals surface area contributed by atoms with Crippen molar-refractivity contribution in [3.63, 3.8) is 0 Å². The van der Waals surface area contributed by atoms with Crippen LogP contribution in [0.4, 0.5) is 0 Å². The highest BCUT2D eigenvalue weighted by Gasteiger charge is 2.15. The third-order valence-corrected chi connectivity index (χ3v) is 3.67. The molecule has 0 spiro atoms. The maximum absolute atomic E-state index is 11.8. The van der Waals surface area contributed by atoms with E-state index >= 15 is 0 Å². The van der Waals surface area contributed by atoms with E-state index in [-0.39, 0.29) is 18.8 Å². The molecule has 4 nitrogen and oxygen atoms in total. The first-order chi connectivity index (χ1) is 11.6. The molecule has 0 saturated carbocycles. The van der Waals surface area contributed by atoms with E-state index in [0.29, 0.717) is 18.4 Å². The van der Waals surface area contributed by atoms with E-state index in [9.17, 15) is 14.4 Å². The van der Waals surface area contributed by atoms with Crippen LogP contribution in [0.25, 0.3) is 0 Å². The predicted molar refractivity (Wildman–Crippen MR) is 90.6 cm³/mol. The number of esters is 1. The van der Waals surface area contributed by atoms with Crippen LogP contribution in [0, 0.1) is 0 Å². The smallest absolute Gasteiger partial charge is 0.374 e. The van der Waals surface area contributed by atoms with E-state index in [2.05, 4.69) is 0 Å². The second-order valence-corrected chi connectivity index (χ2v) is 5.59. The number of hydrogen-bond donors (Lipinski definition) is 0. The molecule has 2 aromatic carbocycles. The van der Waals surface area contributed by atoms with E-state index in [1.165, 1.54) is 6.92 Å². The number of rotatable bonds is 8. The van der Waals surface area contributed by atoms with Crippen molar-refractivity contribution in [3.8, 4) is 0 Å². The summed E-state index contributed by atoms with van der Waals surface area (Å²) in [5.74, 6) is -1.27. The van der Waals surface area contributed by atoms with Gasteiger partial charge in [-0.1, -0.05) is 54.6 Å². The molecule has 0 atom stereocenters. The highest BCUT2D eigenvalue weighted by molar-refractivity contribution is 6.33. The number of carbonyl (C=O) groups is 3. The van der Waals surface area contributed by atoms with E-state index in [1.54, 1.807) is 12.1 Å². The molecule has 0 amide bonds. The van der Waals surface area contributed by atoms with Crippen LogP contribution >= 0.6 is 0 Å². The Hall–Kier alpha value is -2.75. The summed E-state index contributed by atoms with van der Waals surface area (Å²) in [5, 5.41) is 0. The van der Waals surface area contributed by atoms with E-state index in [0.717, 1.165) is 11.1 Å². The van der Waals surface area contributed by atoms with Gasteiger partial charge in [-0.15, -0.1) is 0 Å². The highest BCUT2D eigenvalue weighted by Crippen LogP contribution is 2.09. The van der Waals surface area contributed by atoms with Crippen LogP contribution in [0.1, 0.15) is 41.3 Å². The number of carbonyl (C=O) groups excluding carboxylic acids is 3. The number of ether oxygens (including phenoxy) is 1. The van der Waals surface area contributed by atoms with Crippen LogP contribution in [0.5, 0.6) is 0 Å². The molecule has 0 heterocycles. The number of ketones is 2. The highest BCUT2D eigenvalue weighted by atomic mass is 16.5. The van der Waals surface area contributed by atoms with Crippen LogP contribution in [-0.2, 0) is 27.4 Å². The summed E-state index contributed by atoms with van der Waals surface area (Å²) in [5.41, 5.74) is 2.55. The molecular weight excluding hydrogens is 304 g/mol.